The predicted octanol–water partition coefficient (Wildman–Crippen LogP) is 3.31. The van der Waals surface area contributed by atoms with E-state index in [1.54, 1.807) is 0 Å². The van der Waals surface area contributed by atoms with E-state index in [0.29, 0.717) is 6.42 Å². The third-order valence-electron chi connectivity index (χ3n) is 2.72. The van der Waals surface area contributed by atoms with Gasteiger partial charge in [-0.15, -0.1) is 13.2 Å². The normalized spacial score (nSPS) is 11.9. The molecule has 2 nitrogen and oxygen atoms in total. The monoisotopic (exact) mass is 231 g/mol. The third kappa shape index (κ3) is 3.46. The van der Waals surface area contributed by atoms with Crippen molar-refractivity contribution in [1.82, 2.24) is 0 Å². The minimum Gasteiger partial charge on any atom is -0.388 e. The molecule has 0 saturated carbocycles. The van der Waals surface area contributed by atoms with Gasteiger partial charge in [0.1, 0.15) is 0 Å². The first-order valence-electron chi connectivity index (χ1n) is 5.98. The van der Waals surface area contributed by atoms with Crippen LogP contribution < -0.4 is 4.90 Å². The van der Waals surface area contributed by atoms with Gasteiger partial charge < -0.3 is 10.0 Å². The van der Waals surface area contributed by atoms with Crippen molar-refractivity contribution in [3.05, 3.63) is 55.1 Å². The molecular formula is C15H21NO. The highest BCUT2D eigenvalue weighted by Gasteiger charge is 2.13. The molecule has 0 saturated heterocycles. The molecule has 1 N–H and O–H groups in total. The Hall–Kier alpha value is -1.54. The highest BCUT2D eigenvalue weighted by Crippen LogP contribution is 2.28. The van der Waals surface area contributed by atoms with Crippen molar-refractivity contribution in [2.75, 3.05) is 18.0 Å². The highest BCUT2D eigenvalue weighted by atomic mass is 16.3. The Morgan fingerprint density at radius 2 is 1.82 bits per heavy atom. The molecule has 1 aromatic carbocycles. The van der Waals surface area contributed by atoms with Crippen LogP contribution in [0.25, 0.3) is 0 Å². The summed E-state index contributed by atoms with van der Waals surface area (Å²) in [6, 6.07) is 7.95. The quantitative estimate of drug-likeness (QED) is 0.728. The van der Waals surface area contributed by atoms with Gasteiger partial charge >= 0.3 is 0 Å². The predicted molar refractivity (Wildman–Crippen MR) is 74.3 cm³/mol. The van der Waals surface area contributed by atoms with Crippen LogP contribution in [0.15, 0.2) is 49.6 Å². The maximum Gasteiger partial charge on any atom is 0.0807 e. The molecule has 17 heavy (non-hydrogen) atoms. The van der Waals surface area contributed by atoms with Crippen LogP contribution in [0.2, 0.25) is 0 Å². The van der Waals surface area contributed by atoms with Crippen LogP contribution in [-0.4, -0.2) is 18.2 Å². The van der Waals surface area contributed by atoms with Crippen LogP contribution in [0.4, 0.5) is 5.69 Å². The van der Waals surface area contributed by atoms with Crippen LogP contribution in [-0.2, 0) is 0 Å². The summed E-state index contributed by atoms with van der Waals surface area (Å²) in [5, 5.41) is 10.0. The molecular weight excluding hydrogens is 210 g/mol. The van der Waals surface area contributed by atoms with Crippen molar-refractivity contribution < 1.29 is 5.11 Å². The molecule has 0 aliphatic carbocycles. The van der Waals surface area contributed by atoms with E-state index in [-0.39, 0.29) is 0 Å². The Labute approximate surface area is 104 Å². The summed E-state index contributed by atoms with van der Waals surface area (Å²) in [7, 11) is 0. The smallest absolute Gasteiger partial charge is 0.0807 e. The van der Waals surface area contributed by atoms with Gasteiger partial charge in [-0.1, -0.05) is 37.3 Å². The molecule has 0 fully saturated rings. The zero-order valence-electron chi connectivity index (χ0n) is 10.5. The molecule has 0 aromatic heterocycles. The molecule has 0 amide bonds. The van der Waals surface area contributed by atoms with Gasteiger partial charge in [0.2, 0.25) is 0 Å². The summed E-state index contributed by atoms with van der Waals surface area (Å²) < 4.78 is 0. The van der Waals surface area contributed by atoms with E-state index in [2.05, 4.69) is 18.1 Å². The van der Waals surface area contributed by atoms with Gasteiger partial charge in [0.15, 0.2) is 0 Å². The molecule has 2 heteroatoms. The molecule has 1 unspecified atom stereocenters. The number of anilines is 1. The van der Waals surface area contributed by atoms with E-state index in [1.807, 2.05) is 43.3 Å². The van der Waals surface area contributed by atoms with Crippen molar-refractivity contribution in [3.8, 4) is 0 Å². The van der Waals surface area contributed by atoms with Gasteiger partial charge in [0.05, 0.1) is 6.10 Å². The van der Waals surface area contributed by atoms with Gasteiger partial charge in [-0.05, 0) is 12.5 Å². The standard InChI is InChI=1S/C15H21NO/c1-4-11-16(12-5-2)14-10-8-7-9-13(14)15(17)6-3/h4-5,7-10,15,17H,1-2,6,11-12H2,3H3. The first kappa shape index (κ1) is 13.5. The average molecular weight is 231 g/mol. The Bertz CT molecular complexity index is 363. The van der Waals surface area contributed by atoms with E-state index in [0.717, 1.165) is 24.3 Å². The first-order valence-corrected chi connectivity index (χ1v) is 5.98. The zero-order chi connectivity index (χ0) is 12.7. The second kappa shape index (κ2) is 6.92. The number of para-hydroxylation sites is 1. The number of rotatable bonds is 7. The van der Waals surface area contributed by atoms with Crippen molar-refractivity contribution in [2.45, 2.75) is 19.4 Å². The fraction of sp³-hybridized carbons (Fsp3) is 0.333. The second-order valence-electron chi connectivity index (χ2n) is 3.97. The van der Waals surface area contributed by atoms with Crippen molar-refractivity contribution in [3.63, 3.8) is 0 Å². The molecule has 1 aromatic rings. The van der Waals surface area contributed by atoms with E-state index < -0.39 is 6.10 Å². The largest absolute Gasteiger partial charge is 0.388 e. The summed E-state index contributed by atoms with van der Waals surface area (Å²) >= 11 is 0. The number of hydrogen-bond donors (Lipinski definition) is 1. The zero-order valence-corrected chi connectivity index (χ0v) is 10.5. The summed E-state index contributed by atoms with van der Waals surface area (Å²) in [5.41, 5.74) is 2.03. The molecule has 0 spiro atoms. The summed E-state index contributed by atoms with van der Waals surface area (Å²) in [6.07, 6.45) is 4.02. The molecule has 1 atom stereocenters. The number of aliphatic hydroxyl groups is 1. The van der Waals surface area contributed by atoms with Gasteiger partial charge in [-0.25, -0.2) is 0 Å². The minimum atomic E-state index is -0.414. The molecule has 0 bridgehead atoms. The lowest BCUT2D eigenvalue weighted by Crippen LogP contribution is -2.24. The van der Waals surface area contributed by atoms with E-state index in [9.17, 15) is 5.11 Å². The fourth-order valence-corrected chi connectivity index (χ4v) is 1.86. The lowest BCUT2D eigenvalue weighted by molar-refractivity contribution is 0.174. The van der Waals surface area contributed by atoms with Gasteiger partial charge in [0.25, 0.3) is 0 Å². The van der Waals surface area contributed by atoms with Crippen LogP contribution in [0, 0.1) is 0 Å². The van der Waals surface area contributed by atoms with Crippen LogP contribution in [0.1, 0.15) is 25.0 Å². The Balaban J connectivity index is 3.07. The lowest BCUT2D eigenvalue weighted by Gasteiger charge is -2.26. The summed E-state index contributed by atoms with van der Waals surface area (Å²) in [4.78, 5) is 2.15. The van der Waals surface area contributed by atoms with Gasteiger partial charge in [-0.2, -0.15) is 0 Å². The number of aliphatic hydroxyl groups excluding tert-OH is 1. The van der Waals surface area contributed by atoms with Crippen molar-refractivity contribution >= 4 is 5.69 Å². The first-order chi connectivity index (χ1) is 8.24. The Morgan fingerprint density at radius 3 is 2.35 bits per heavy atom. The second-order valence-corrected chi connectivity index (χ2v) is 3.97. The minimum absolute atomic E-state index is 0.414. The van der Waals surface area contributed by atoms with E-state index in [4.69, 9.17) is 0 Å². The lowest BCUT2D eigenvalue weighted by atomic mass is 10.0. The Morgan fingerprint density at radius 1 is 1.24 bits per heavy atom. The average Bonchev–Trinajstić information content (AvgIpc) is 2.37. The maximum absolute atomic E-state index is 10.0. The maximum atomic E-state index is 10.0. The van der Waals surface area contributed by atoms with Gasteiger partial charge in [0, 0.05) is 24.3 Å². The molecule has 0 heterocycles. The molecule has 0 aliphatic rings. The molecule has 1 rings (SSSR count). The molecule has 0 aliphatic heterocycles. The van der Waals surface area contributed by atoms with Crippen LogP contribution in [0.3, 0.4) is 0 Å². The molecule has 0 radical (unpaired) electrons. The number of hydrogen-bond acceptors (Lipinski definition) is 2. The Kier molecular flexibility index (Phi) is 5.50. The third-order valence-corrected chi connectivity index (χ3v) is 2.72. The van der Waals surface area contributed by atoms with E-state index in [1.165, 1.54) is 0 Å². The van der Waals surface area contributed by atoms with Crippen LogP contribution in [0.5, 0.6) is 0 Å². The van der Waals surface area contributed by atoms with E-state index >= 15 is 0 Å². The van der Waals surface area contributed by atoms with Crippen molar-refractivity contribution in [1.29, 1.82) is 0 Å². The topological polar surface area (TPSA) is 23.5 Å². The fourth-order valence-electron chi connectivity index (χ4n) is 1.86. The van der Waals surface area contributed by atoms with Gasteiger partial charge in [-0.3, -0.25) is 0 Å². The summed E-state index contributed by atoms with van der Waals surface area (Å²) in [6.45, 7) is 11.0. The number of benzene rings is 1. The molecule has 92 valence electrons. The number of nitrogens with zero attached hydrogens (tertiary/aromatic N) is 1. The summed E-state index contributed by atoms with van der Waals surface area (Å²) in [5.74, 6) is 0. The SMILES string of the molecule is C=CCN(CC=C)c1ccccc1C(O)CC. The highest BCUT2D eigenvalue weighted by molar-refractivity contribution is 5.55. The van der Waals surface area contributed by atoms with Crippen molar-refractivity contribution in [2.24, 2.45) is 0 Å². The van der Waals surface area contributed by atoms with Crippen LogP contribution >= 0.6 is 0 Å².